The third-order valence-electron chi connectivity index (χ3n) is 4.93. The van der Waals surface area contributed by atoms with Crippen molar-refractivity contribution in [3.8, 4) is 11.5 Å². The number of halogens is 2. The standard InChI is InChI=1S/C21H26ClN5O2.HI/c1-2-23-21(25-12-16-14-28-18-7-3-4-8-19(18)29-16)26-15-9-11-27(13-15)20-17(22)6-5-10-24-20;/h3-8,10,15-16H,2,9,11-14H2,1H3,(H2,23,25,26);1H. The van der Waals surface area contributed by atoms with Gasteiger partial charge in [0, 0.05) is 31.9 Å². The topological polar surface area (TPSA) is 71.0 Å². The van der Waals surface area contributed by atoms with Gasteiger partial charge in [-0.1, -0.05) is 23.7 Å². The van der Waals surface area contributed by atoms with Crippen LogP contribution in [0.3, 0.4) is 0 Å². The van der Waals surface area contributed by atoms with Crippen molar-refractivity contribution in [1.29, 1.82) is 0 Å². The van der Waals surface area contributed by atoms with Crippen LogP contribution in [-0.2, 0) is 0 Å². The number of benzene rings is 1. The number of ether oxygens (including phenoxy) is 2. The first-order chi connectivity index (χ1) is 14.2. The van der Waals surface area contributed by atoms with Crippen molar-refractivity contribution in [2.24, 2.45) is 4.99 Å². The van der Waals surface area contributed by atoms with E-state index >= 15 is 0 Å². The highest BCUT2D eigenvalue weighted by Crippen LogP contribution is 2.31. The summed E-state index contributed by atoms with van der Waals surface area (Å²) in [5.41, 5.74) is 0. The van der Waals surface area contributed by atoms with Crippen molar-refractivity contribution >= 4 is 47.4 Å². The molecule has 7 nitrogen and oxygen atoms in total. The van der Waals surface area contributed by atoms with Crippen LogP contribution in [0.1, 0.15) is 13.3 Å². The van der Waals surface area contributed by atoms with E-state index in [0.717, 1.165) is 49.3 Å². The highest BCUT2D eigenvalue weighted by molar-refractivity contribution is 14.0. The minimum absolute atomic E-state index is 0. The van der Waals surface area contributed by atoms with Gasteiger partial charge in [-0.15, -0.1) is 24.0 Å². The average molecular weight is 544 g/mol. The highest BCUT2D eigenvalue weighted by atomic mass is 127. The minimum Gasteiger partial charge on any atom is -0.486 e. The number of guanidine groups is 1. The Morgan fingerprint density at radius 3 is 2.90 bits per heavy atom. The summed E-state index contributed by atoms with van der Waals surface area (Å²) in [6.45, 7) is 5.60. The van der Waals surface area contributed by atoms with Gasteiger partial charge >= 0.3 is 0 Å². The second-order valence-corrected chi connectivity index (χ2v) is 7.51. The molecule has 1 saturated heterocycles. The molecule has 1 aromatic carbocycles. The number of hydrogen-bond donors (Lipinski definition) is 2. The number of hydrogen-bond acceptors (Lipinski definition) is 5. The molecule has 2 N–H and O–H groups in total. The molecule has 9 heteroatoms. The second-order valence-electron chi connectivity index (χ2n) is 7.10. The van der Waals surface area contributed by atoms with Crippen molar-refractivity contribution in [2.75, 3.05) is 37.7 Å². The van der Waals surface area contributed by atoms with Gasteiger partial charge in [-0.2, -0.15) is 0 Å². The van der Waals surface area contributed by atoms with Crippen molar-refractivity contribution in [2.45, 2.75) is 25.5 Å². The van der Waals surface area contributed by atoms with Crippen molar-refractivity contribution in [1.82, 2.24) is 15.6 Å². The Bertz CT molecular complexity index is 869. The van der Waals surface area contributed by atoms with Crippen LogP contribution in [0, 0.1) is 0 Å². The maximum Gasteiger partial charge on any atom is 0.191 e. The molecular weight excluding hydrogens is 517 g/mol. The van der Waals surface area contributed by atoms with Crippen LogP contribution in [-0.4, -0.2) is 55.9 Å². The first-order valence-electron chi connectivity index (χ1n) is 10.0. The first kappa shape index (κ1) is 22.7. The SMILES string of the molecule is CCNC(=NCC1COc2ccccc2O1)NC1CCN(c2ncccc2Cl)C1.I. The maximum atomic E-state index is 6.29. The Labute approximate surface area is 199 Å². The van der Waals surface area contributed by atoms with E-state index in [4.69, 9.17) is 26.1 Å². The fourth-order valence-corrected chi connectivity index (χ4v) is 3.78. The summed E-state index contributed by atoms with van der Waals surface area (Å²) in [7, 11) is 0. The van der Waals surface area contributed by atoms with Crippen LogP contribution in [0.2, 0.25) is 5.02 Å². The summed E-state index contributed by atoms with van der Waals surface area (Å²) in [6, 6.07) is 11.7. The summed E-state index contributed by atoms with van der Waals surface area (Å²) in [4.78, 5) is 11.3. The van der Waals surface area contributed by atoms with Crippen molar-refractivity contribution < 1.29 is 9.47 Å². The van der Waals surface area contributed by atoms with E-state index < -0.39 is 0 Å². The predicted molar refractivity (Wildman–Crippen MR) is 131 cm³/mol. The number of nitrogens with zero attached hydrogens (tertiary/aromatic N) is 3. The van der Waals surface area contributed by atoms with Crippen LogP contribution in [0.4, 0.5) is 5.82 Å². The number of para-hydroxylation sites is 2. The average Bonchev–Trinajstić information content (AvgIpc) is 3.20. The molecule has 0 amide bonds. The summed E-state index contributed by atoms with van der Waals surface area (Å²) in [5.74, 6) is 3.19. The van der Waals surface area contributed by atoms with Gasteiger partial charge in [-0.3, -0.25) is 0 Å². The van der Waals surface area contributed by atoms with E-state index in [2.05, 4.69) is 27.4 Å². The summed E-state index contributed by atoms with van der Waals surface area (Å²) in [6.07, 6.45) is 2.67. The fourth-order valence-electron chi connectivity index (χ4n) is 3.54. The van der Waals surface area contributed by atoms with E-state index in [1.807, 2.05) is 36.4 Å². The van der Waals surface area contributed by atoms with Gasteiger partial charge in [0.25, 0.3) is 0 Å². The molecule has 2 atom stereocenters. The monoisotopic (exact) mass is 543 g/mol. The molecular formula is C21H27ClIN5O2. The number of aromatic nitrogens is 1. The number of pyridine rings is 1. The zero-order chi connectivity index (χ0) is 20.1. The van der Waals surface area contributed by atoms with Gasteiger partial charge in [0.2, 0.25) is 0 Å². The summed E-state index contributed by atoms with van der Waals surface area (Å²) < 4.78 is 11.8. The van der Waals surface area contributed by atoms with Crippen LogP contribution in [0.15, 0.2) is 47.6 Å². The molecule has 0 spiro atoms. The van der Waals surface area contributed by atoms with Gasteiger partial charge in [0.15, 0.2) is 23.6 Å². The van der Waals surface area contributed by atoms with Crippen molar-refractivity contribution in [3.63, 3.8) is 0 Å². The normalized spacial score (nSPS) is 20.5. The lowest BCUT2D eigenvalue weighted by molar-refractivity contribution is 0.0971. The Hall–Kier alpha value is -1.94. The zero-order valence-corrected chi connectivity index (χ0v) is 20.0. The van der Waals surface area contributed by atoms with Gasteiger partial charge in [-0.25, -0.2) is 9.98 Å². The predicted octanol–water partition coefficient (Wildman–Crippen LogP) is 3.33. The Morgan fingerprint density at radius 2 is 2.10 bits per heavy atom. The van der Waals surface area contributed by atoms with Crippen LogP contribution in [0.25, 0.3) is 0 Å². The Balaban J connectivity index is 0.00000256. The molecule has 1 fully saturated rings. The quantitative estimate of drug-likeness (QED) is 0.343. The minimum atomic E-state index is -0.104. The van der Waals surface area contributed by atoms with Crippen LogP contribution in [0.5, 0.6) is 11.5 Å². The number of fused-ring (bicyclic) bond motifs is 1. The lowest BCUT2D eigenvalue weighted by atomic mass is 10.2. The maximum absolute atomic E-state index is 6.29. The largest absolute Gasteiger partial charge is 0.486 e. The first-order valence-corrected chi connectivity index (χ1v) is 10.4. The molecule has 0 bridgehead atoms. The molecule has 4 rings (SSSR count). The van der Waals surface area contributed by atoms with Crippen LogP contribution < -0.4 is 25.0 Å². The molecule has 30 heavy (non-hydrogen) atoms. The molecule has 0 saturated carbocycles. The van der Waals surface area contributed by atoms with E-state index in [9.17, 15) is 0 Å². The summed E-state index contributed by atoms with van der Waals surface area (Å²) in [5, 5.41) is 7.53. The van der Waals surface area contributed by atoms with E-state index in [-0.39, 0.29) is 36.1 Å². The third-order valence-corrected chi connectivity index (χ3v) is 5.23. The molecule has 2 aromatic rings. The number of rotatable bonds is 5. The van der Waals surface area contributed by atoms with Gasteiger partial charge in [0.1, 0.15) is 12.4 Å². The molecule has 2 unspecified atom stereocenters. The smallest absolute Gasteiger partial charge is 0.191 e. The lowest BCUT2D eigenvalue weighted by Gasteiger charge is -2.26. The van der Waals surface area contributed by atoms with Crippen molar-refractivity contribution in [3.05, 3.63) is 47.6 Å². The molecule has 0 radical (unpaired) electrons. The van der Waals surface area contributed by atoms with Gasteiger partial charge in [0.05, 0.1) is 11.6 Å². The Kier molecular flexibility index (Phi) is 8.26. The number of aliphatic imine (C=N–C) groups is 1. The van der Waals surface area contributed by atoms with E-state index in [0.29, 0.717) is 18.2 Å². The lowest BCUT2D eigenvalue weighted by Crippen LogP contribution is -2.45. The van der Waals surface area contributed by atoms with E-state index in [1.165, 1.54) is 0 Å². The highest BCUT2D eigenvalue weighted by Gasteiger charge is 2.26. The Morgan fingerprint density at radius 1 is 1.27 bits per heavy atom. The fraction of sp³-hybridized carbons (Fsp3) is 0.429. The second kappa shape index (κ2) is 10.9. The van der Waals surface area contributed by atoms with Gasteiger partial charge < -0.3 is 25.0 Å². The number of nitrogens with one attached hydrogen (secondary N) is 2. The van der Waals surface area contributed by atoms with E-state index in [1.54, 1.807) is 6.20 Å². The van der Waals surface area contributed by atoms with Crippen LogP contribution >= 0.6 is 35.6 Å². The molecule has 3 heterocycles. The third kappa shape index (κ3) is 5.60. The summed E-state index contributed by atoms with van der Waals surface area (Å²) >= 11 is 6.29. The molecule has 1 aromatic heterocycles. The number of anilines is 1. The zero-order valence-electron chi connectivity index (χ0n) is 16.9. The molecule has 162 valence electrons. The molecule has 2 aliphatic heterocycles. The molecule has 2 aliphatic rings. The molecule has 0 aliphatic carbocycles. The van der Waals surface area contributed by atoms with Gasteiger partial charge in [-0.05, 0) is 37.6 Å².